The molecule has 2 aromatic rings. The number of benzene rings is 1. The molecule has 1 aliphatic rings. The first-order valence-corrected chi connectivity index (χ1v) is 6.73. The van der Waals surface area contributed by atoms with Gasteiger partial charge in [-0.25, -0.2) is 0 Å². The van der Waals surface area contributed by atoms with Crippen LogP contribution in [0, 0.1) is 0 Å². The summed E-state index contributed by atoms with van der Waals surface area (Å²) < 4.78 is 5.71. The number of aryl methyl sites for hydroxylation is 1. The van der Waals surface area contributed by atoms with Crippen LogP contribution in [0.2, 0.25) is 0 Å². The van der Waals surface area contributed by atoms with Gasteiger partial charge >= 0.3 is 0 Å². The Bertz CT molecular complexity index is 504. The molecule has 1 aromatic heterocycles. The molecule has 2 heteroatoms. The summed E-state index contributed by atoms with van der Waals surface area (Å²) in [6, 6.07) is 13.4. The van der Waals surface area contributed by atoms with E-state index in [1.54, 1.807) is 0 Å². The van der Waals surface area contributed by atoms with E-state index in [4.69, 9.17) is 4.42 Å². The minimum absolute atomic E-state index is 0.553. The normalized spacial score (nSPS) is 14.9. The molecule has 2 nitrogen and oxygen atoms in total. The van der Waals surface area contributed by atoms with Crippen LogP contribution in [0.1, 0.15) is 29.6 Å². The number of hydrogen-bond acceptors (Lipinski definition) is 2. The molecule has 0 saturated heterocycles. The van der Waals surface area contributed by atoms with E-state index in [0.29, 0.717) is 6.04 Å². The molecule has 0 unspecified atom stereocenters. The van der Waals surface area contributed by atoms with Crippen LogP contribution in [0.5, 0.6) is 0 Å². The van der Waals surface area contributed by atoms with Crippen molar-refractivity contribution in [2.24, 2.45) is 0 Å². The van der Waals surface area contributed by atoms with Gasteiger partial charge in [0, 0.05) is 12.5 Å². The molecule has 0 spiro atoms. The monoisotopic (exact) mass is 241 g/mol. The molecule has 1 aliphatic carbocycles. The maximum atomic E-state index is 5.71. The first-order chi connectivity index (χ1) is 8.85. The van der Waals surface area contributed by atoms with Crippen molar-refractivity contribution in [1.82, 2.24) is 5.32 Å². The molecule has 0 amide bonds. The Kier molecular flexibility index (Phi) is 3.20. The van der Waals surface area contributed by atoms with Crippen LogP contribution < -0.4 is 5.32 Å². The van der Waals surface area contributed by atoms with Crippen LogP contribution in [-0.4, -0.2) is 6.04 Å². The first kappa shape index (κ1) is 11.5. The van der Waals surface area contributed by atoms with E-state index in [-0.39, 0.29) is 0 Å². The number of furan rings is 1. The van der Waals surface area contributed by atoms with E-state index in [9.17, 15) is 0 Å². The van der Waals surface area contributed by atoms with Gasteiger partial charge in [-0.1, -0.05) is 31.2 Å². The molecule has 0 aliphatic heterocycles. The molecular weight excluding hydrogens is 222 g/mol. The highest BCUT2D eigenvalue weighted by atomic mass is 16.3. The lowest BCUT2D eigenvalue weighted by Crippen LogP contribution is -2.28. The lowest BCUT2D eigenvalue weighted by atomic mass is 10.1. The van der Waals surface area contributed by atoms with Gasteiger partial charge in [0.05, 0.1) is 6.54 Å². The van der Waals surface area contributed by atoms with Crippen LogP contribution in [0.3, 0.4) is 0 Å². The fourth-order valence-electron chi connectivity index (χ4n) is 2.66. The largest absolute Gasteiger partial charge is 0.465 e. The highest BCUT2D eigenvalue weighted by molar-refractivity contribution is 5.33. The maximum absolute atomic E-state index is 5.71. The first-order valence-electron chi connectivity index (χ1n) is 6.73. The molecule has 0 radical (unpaired) electrons. The summed E-state index contributed by atoms with van der Waals surface area (Å²) in [7, 11) is 0. The van der Waals surface area contributed by atoms with Crippen molar-refractivity contribution < 1.29 is 4.42 Å². The zero-order chi connectivity index (χ0) is 12.4. The van der Waals surface area contributed by atoms with Crippen molar-refractivity contribution in [3.8, 4) is 0 Å². The molecule has 18 heavy (non-hydrogen) atoms. The molecule has 0 saturated carbocycles. The highest BCUT2D eigenvalue weighted by Crippen LogP contribution is 2.22. The van der Waals surface area contributed by atoms with Crippen molar-refractivity contribution >= 4 is 0 Å². The van der Waals surface area contributed by atoms with E-state index < -0.39 is 0 Å². The van der Waals surface area contributed by atoms with Crippen molar-refractivity contribution in [3.63, 3.8) is 0 Å². The zero-order valence-electron chi connectivity index (χ0n) is 10.8. The molecule has 0 bridgehead atoms. The second-order valence-electron chi connectivity index (χ2n) is 4.98. The number of rotatable bonds is 4. The number of fused-ring (bicyclic) bond motifs is 1. The van der Waals surface area contributed by atoms with Crippen molar-refractivity contribution in [2.75, 3.05) is 0 Å². The molecule has 94 valence electrons. The summed E-state index contributed by atoms with van der Waals surface area (Å²) in [5.74, 6) is 2.12. The Hall–Kier alpha value is -1.54. The molecule has 0 atom stereocenters. The van der Waals surface area contributed by atoms with Crippen LogP contribution in [0.25, 0.3) is 0 Å². The van der Waals surface area contributed by atoms with Gasteiger partial charge < -0.3 is 9.73 Å². The lowest BCUT2D eigenvalue weighted by molar-refractivity contribution is 0.428. The van der Waals surface area contributed by atoms with Crippen LogP contribution in [-0.2, 0) is 25.8 Å². The van der Waals surface area contributed by atoms with Gasteiger partial charge in [0.15, 0.2) is 0 Å². The van der Waals surface area contributed by atoms with Crippen LogP contribution >= 0.6 is 0 Å². The van der Waals surface area contributed by atoms with E-state index >= 15 is 0 Å². The third-order valence-corrected chi connectivity index (χ3v) is 3.68. The standard InChI is InChI=1S/C16H19NO/c1-2-15-7-8-16(18-15)11-17-14-9-12-5-3-4-6-13(12)10-14/h3-8,14,17H,2,9-11H2,1H3. The third-order valence-electron chi connectivity index (χ3n) is 3.68. The van der Waals surface area contributed by atoms with Crippen molar-refractivity contribution in [2.45, 2.75) is 38.8 Å². The highest BCUT2D eigenvalue weighted by Gasteiger charge is 2.20. The molecule has 3 rings (SSSR count). The Morgan fingerprint density at radius 2 is 1.72 bits per heavy atom. The van der Waals surface area contributed by atoms with Gasteiger partial charge in [-0.15, -0.1) is 0 Å². The summed E-state index contributed by atoms with van der Waals surface area (Å²) in [5, 5.41) is 3.59. The Balaban J connectivity index is 1.57. The molecule has 1 aromatic carbocycles. The second kappa shape index (κ2) is 4.99. The van der Waals surface area contributed by atoms with Gasteiger partial charge in [-0.05, 0) is 36.1 Å². The van der Waals surface area contributed by atoms with Crippen molar-refractivity contribution in [3.05, 3.63) is 59.0 Å². The Morgan fingerprint density at radius 3 is 2.33 bits per heavy atom. The minimum atomic E-state index is 0.553. The molecule has 1 heterocycles. The van der Waals surface area contributed by atoms with Crippen LogP contribution in [0.15, 0.2) is 40.8 Å². The van der Waals surface area contributed by atoms with Gasteiger partial charge in [-0.2, -0.15) is 0 Å². The topological polar surface area (TPSA) is 25.2 Å². The number of nitrogens with one attached hydrogen (secondary N) is 1. The van der Waals surface area contributed by atoms with E-state index in [1.807, 2.05) is 0 Å². The Labute approximate surface area is 108 Å². The average Bonchev–Trinajstić information content (AvgIpc) is 3.02. The molecule has 0 fully saturated rings. The zero-order valence-corrected chi connectivity index (χ0v) is 10.8. The van der Waals surface area contributed by atoms with E-state index in [0.717, 1.165) is 37.3 Å². The molecular formula is C16H19NO. The Morgan fingerprint density at radius 1 is 1.06 bits per heavy atom. The quantitative estimate of drug-likeness (QED) is 0.889. The van der Waals surface area contributed by atoms with Gasteiger partial charge in [-0.3, -0.25) is 0 Å². The van der Waals surface area contributed by atoms with E-state index in [2.05, 4.69) is 48.6 Å². The summed E-state index contributed by atoms with van der Waals surface area (Å²) in [6.45, 7) is 2.95. The SMILES string of the molecule is CCc1ccc(CNC2Cc3ccccc3C2)o1. The lowest BCUT2D eigenvalue weighted by Gasteiger charge is -2.10. The minimum Gasteiger partial charge on any atom is -0.465 e. The number of hydrogen-bond donors (Lipinski definition) is 1. The summed E-state index contributed by atoms with van der Waals surface area (Å²) in [6.07, 6.45) is 3.24. The summed E-state index contributed by atoms with van der Waals surface area (Å²) >= 11 is 0. The fourth-order valence-corrected chi connectivity index (χ4v) is 2.66. The smallest absolute Gasteiger partial charge is 0.117 e. The predicted molar refractivity (Wildman–Crippen MR) is 72.6 cm³/mol. The van der Waals surface area contributed by atoms with E-state index in [1.165, 1.54) is 11.1 Å². The van der Waals surface area contributed by atoms with Gasteiger partial charge in [0.1, 0.15) is 11.5 Å². The van der Waals surface area contributed by atoms with Gasteiger partial charge in [0.25, 0.3) is 0 Å². The maximum Gasteiger partial charge on any atom is 0.117 e. The van der Waals surface area contributed by atoms with Gasteiger partial charge in [0.2, 0.25) is 0 Å². The van der Waals surface area contributed by atoms with Crippen molar-refractivity contribution in [1.29, 1.82) is 0 Å². The molecule has 1 N–H and O–H groups in total. The third kappa shape index (κ3) is 2.34. The average molecular weight is 241 g/mol. The fraction of sp³-hybridized carbons (Fsp3) is 0.375. The summed E-state index contributed by atoms with van der Waals surface area (Å²) in [4.78, 5) is 0. The predicted octanol–water partition coefficient (Wildman–Crippen LogP) is 3.10. The summed E-state index contributed by atoms with van der Waals surface area (Å²) in [5.41, 5.74) is 2.98. The second-order valence-corrected chi connectivity index (χ2v) is 4.98. The van der Waals surface area contributed by atoms with Crippen LogP contribution in [0.4, 0.5) is 0 Å².